The highest BCUT2D eigenvalue weighted by Crippen LogP contribution is 2.39. The van der Waals surface area contributed by atoms with Crippen LogP contribution in [0.3, 0.4) is 0 Å². The fraction of sp³-hybridized carbons (Fsp3) is 0.222. The van der Waals surface area contributed by atoms with Gasteiger partial charge in [0.2, 0.25) is 11.9 Å². The number of ether oxygens (including phenoxy) is 2. The molecule has 2 aromatic carbocycles. The number of likely N-dealkylation sites (N-methyl/N-ethyl adjacent to an activating group) is 1. The van der Waals surface area contributed by atoms with Crippen molar-refractivity contribution in [2.45, 2.75) is 12.5 Å². The van der Waals surface area contributed by atoms with Crippen molar-refractivity contribution in [1.29, 1.82) is 0 Å². The molecule has 4 aromatic rings. The fourth-order valence-corrected chi connectivity index (χ4v) is 4.32. The molecule has 190 valence electrons. The van der Waals surface area contributed by atoms with Crippen LogP contribution in [0.2, 0.25) is 0 Å². The summed E-state index contributed by atoms with van der Waals surface area (Å²) in [5, 5.41) is 10.6. The molecule has 2 aromatic heterocycles. The van der Waals surface area contributed by atoms with Gasteiger partial charge in [0.1, 0.15) is 23.4 Å². The monoisotopic (exact) mass is 502 g/mol. The summed E-state index contributed by atoms with van der Waals surface area (Å²) in [5.41, 5.74) is 3.15. The predicted octanol–water partition coefficient (Wildman–Crippen LogP) is 4.50. The predicted molar refractivity (Wildman–Crippen MR) is 140 cm³/mol. The van der Waals surface area contributed by atoms with Crippen LogP contribution in [0.4, 0.5) is 21.7 Å². The number of rotatable bonds is 8. The normalized spacial score (nSPS) is 15.5. The highest BCUT2D eigenvalue weighted by molar-refractivity contribution is 6.00. The lowest BCUT2D eigenvalue weighted by Crippen LogP contribution is -2.22. The largest absolute Gasteiger partial charge is 0.494 e. The summed E-state index contributed by atoms with van der Waals surface area (Å²) in [6.45, 7) is 5.26. The SMILES string of the molecule is C=CC(=O)Nc1cc(Nc2ncc3ccc(-c4cccc(F)c4)n3n2)c(OC)cc1OC1CCN(C)C1. The minimum atomic E-state index is -0.366. The number of nitrogens with one attached hydrogen (secondary N) is 2. The molecule has 0 radical (unpaired) electrons. The fourth-order valence-electron chi connectivity index (χ4n) is 4.32. The Hall–Kier alpha value is -4.44. The van der Waals surface area contributed by atoms with Crippen molar-refractivity contribution in [2.75, 3.05) is 37.9 Å². The summed E-state index contributed by atoms with van der Waals surface area (Å²) in [4.78, 5) is 18.8. The van der Waals surface area contributed by atoms with Crippen molar-refractivity contribution in [3.63, 3.8) is 0 Å². The first-order chi connectivity index (χ1) is 17.9. The zero-order valence-electron chi connectivity index (χ0n) is 20.6. The summed E-state index contributed by atoms with van der Waals surface area (Å²) in [5.74, 6) is 0.568. The van der Waals surface area contributed by atoms with Crippen LogP contribution in [-0.4, -0.2) is 58.8 Å². The molecule has 2 N–H and O–H groups in total. The van der Waals surface area contributed by atoms with Crippen LogP contribution in [0, 0.1) is 5.82 Å². The Morgan fingerprint density at radius 3 is 2.78 bits per heavy atom. The molecule has 1 aliphatic heterocycles. The van der Waals surface area contributed by atoms with Crippen LogP contribution in [0.1, 0.15) is 6.42 Å². The summed E-state index contributed by atoms with van der Waals surface area (Å²) in [6.07, 6.45) is 3.74. The molecule has 0 aliphatic carbocycles. The van der Waals surface area contributed by atoms with Gasteiger partial charge in [-0.25, -0.2) is 13.9 Å². The van der Waals surface area contributed by atoms with Gasteiger partial charge < -0.3 is 25.0 Å². The highest BCUT2D eigenvalue weighted by atomic mass is 19.1. The molecule has 0 bridgehead atoms. The van der Waals surface area contributed by atoms with Gasteiger partial charge in [-0.2, -0.15) is 0 Å². The van der Waals surface area contributed by atoms with Crippen LogP contribution < -0.4 is 20.1 Å². The number of benzene rings is 2. The van der Waals surface area contributed by atoms with Gasteiger partial charge in [-0.3, -0.25) is 4.79 Å². The zero-order chi connectivity index (χ0) is 25.9. The number of likely N-dealkylation sites (tertiary alicyclic amines) is 1. The number of anilines is 3. The molecule has 0 spiro atoms. The molecule has 37 heavy (non-hydrogen) atoms. The first-order valence-electron chi connectivity index (χ1n) is 11.8. The van der Waals surface area contributed by atoms with Crippen molar-refractivity contribution < 1.29 is 18.7 Å². The van der Waals surface area contributed by atoms with E-state index in [1.165, 1.54) is 18.2 Å². The van der Waals surface area contributed by atoms with E-state index in [2.05, 4.69) is 32.2 Å². The van der Waals surface area contributed by atoms with Crippen molar-refractivity contribution in [3.8, 4) is 22.8 Å². The Morgan fingerprint density at radius 1 is 1.19 bits per heavy atom. The van der Waals surface area contributed by atoms with Crippen molar-refractivity contribution >= 4 is 28.7 Å². The van der Waals surface area contributed by atoms with Gasteiger partial charge in [0.15, 0.2) is 0 Å². The van der Waals surface area contributed by atoms with E-state index >= 15 is 0 Å². The number of amides is 1. The van der Waals surface area contributed by atoms with E-state index in [-0.39, 0.29) is 23.8 Å². The average Bonchev–Trinajstić information content (AvgIpc) is 3.50. The number of hydrogen-bond acceptors (Lipinski definition) is 7. The summed E-state index contributed by atoms with van der Waals surface area (Å²) >= 11 is 0. The number of methoxy groups -OCH3 is 1. The third-order valence-corrected chi connectivity index (χ3v) is 6.15. The van der Waals surface area contributed by atoms with E-state index in [0.29, 0.717) is 28.4 Å². The van der Waals surface area contributed by atoms with Crippen molar-refractivity contribution in [2.24, 2.45) is 0 Å². The molecule has 1 atom stereocenters. The third kappa shape index (κ3) is 5.24. The summed E-state index contributed by atoms with van der Waals surface area (Å²) in [7, 11) is 3.59. The van der Waals surface area contributed by atoms with E-state index < -0.39 is 0 Å². The van der Waals surface area contributed by atoms with E-state index in [4.69, 9.17) is 9.47 Å². The van der Waals surface area contributed by atoms with Crippen molar-refractivity contribution in [3.05, 3.63) is 73.2 Å². The van der Waals surface area contributed by atoms with E-state index in [9.17, 15) is 9.18 Å². The molecular formula is C27H27FN6O3. The van der Waals surface area contributed by atoms with E-state index in [1.54, 1.807) is 36.0 Å². The maximum Gasteiger partial charge on any atom is 0.247 e. The van der Waals surface area contributed by atoms with Gasteiger partial charge in [0, 0.05) is 24.7 Å². The Labute approximate surface area is 213 Å². The van der Waals surface area contributed by atoms with Crippen LogP contribution in [0.5, 0.6) is 11.5 Å². The second-order valence-electron chi connectivity index (χ2n) is 8.81. The number of halogens is 1. The standard InChI is InChI=1S/C27H27FN6O3/c1-4-26(35)30-22-13-21(24(36-3)14-25(22)37-20-10-11-33(2)16-20)31-27-29-15-19-8-9-23(34(19)32-27)17-6-5-7-18(28)12-17/h4-9,12-15,20H,1,10-11,16H2,2-3H3,(H,30,35)(H,31,32). The quantitative estimate of drug-likeness (QED) is 0.343. The molecule has 9 nitrogen and oxygen atoms in total. The second kappa shape index (κ2) is 10.3. The van der Waals surface area contributed by atoms with Gasteiger partial charge in [-0.15, -0.1) is 5.10 Å². The second-order valence-corrected chi connectivity index (χ2v) is 8.81. The maximum absolute atomic E-state index is 13.8. The first-order valence-corrected chi connectivity index (χ1v) is 11.8. The number of hydrogen-bond donors (Lipinski definition) is 2. The van der Waals surface area contributed by atoms with Crippen LogP contribution in [0.15, 0.2) is 67.4 Å². The Bertz CT molecular complexity index is 1470. The molecule has 1 fully saturated rings. The molecule has 0 saturated carbocycles. The minimum absolute atomic E-state index is 0.00590. The Balaban J connectivity index is 1.50. The van der Waals surface area contributed by atoms with Crippen LogP contribution in [-0.2, 0) is 4.79 Å². The van der Waals surface area contributed by atoms with Gasteiger partial charge >= 0.3 is 0 Å². The summed E-state index contributed by atoms with van der Waals surface area (Å²) < 4.78 is 27.4. The lowest BCUT2D eigenvalue weighted by Gasteiger charge is -2.20. The molecule has 1 saturated heterocycles. The Kier molecular flexibility index (Phi) is 6.74. The number of aromatic nitrogens is 3. The van der Waals surface area contributed by atoms with Crippen LogP contribution >= 0.6 is 0 Å². The molecule has 1 unspecified atom stereocenters. The Morgan fingerprint density at radius 2 is 2.05 bits per heavy atom. The average molecular weight is 503 g/mol. The highest BCUT2D eigenvalue weighted by Gasteiger charge is 2.23. The van der Waals surface area contributed by atoms with E-state index in [1.807, 2.05) is 25.2 Å². The maximum atomic E-state index is 13.8. The topological polar surface area (TPSA) is 93.0 Å². The lowest BCUT2D eigenvalue weighted by atomic mass is 10.1. The number of carbonyl (C=O) groups excluding carboxylic acids is 1. The smallest absolute Gasteiger partial charge is 0.247 e. The molecule has 1 amide bonds. The molecule has 3 heterocycles. The van der Waals surface area contributed by atoms with Gasteiger partial charge in [-0.1, -0.05) is 18.7 Å². The van der Waals surface area contributed by atoms with E-state index in [0.717, 1.165) is 30.7 Å². The van der Waals surface area contributed by atoms with Crippen molar-refractivity contribution in [1.82, 2.24) is 19.5 Å². The number of carbonyl (C=O) groups is 1. The zero-order valence-corrected chi connectivity index (χ0v) is 20.6. The summed E-state index contributed by atoms with van der Waals surface area (Å²) in [6, 6.07) is 13.5. The van der Waals surface area contributed by atoms with Gasteiger partial charge in [-0.05, 0) is 49.9 Å². The molecule has 1 aliphatic rings. The third-order valence-electron chi connectivity index (χ3n) is 6.15. The molecule has 10 heteroatoms. The molecular weight excluding hydrogens is 475 g/mol. The van der Waals surface area contributed by atoms with Crippen LogP contribution in [0.25, 0.3) is 16.8 Å². The molecule has 5 rings (SSSR count). The minimum Gasteiger partial charge on any atom is -0.494 e. The number of nitrogens with zero attached hydrogens (tertiary/aromatic N) is 4. The lowest BCUT2D eigenvalue weighted by molar-refractivity contribution is -0.111. The first kappa shape index (κ1) is 24.3. The number of fused-ring (bicyclic) bond motifs is 1. The van der Waals surface area contributed by atoms with Gasteiger partial charge in [0.05, 0.1) is 35.9 Å². The van der Waals surface area contributed by atoms with Gasteiger partial charge in [0.25, 0.3) is 0 Å².